The van der Waals surface area contributed by atoms with Crippen molar-refractivity contribution in [2.75, 3.05) is 81.1 Å². The maximum atomic E-state index is 12.5. The van der Waals surface area contributed by atoms with E-state index in [-0.39, 0.29) is 58.2 Å². The molecule has 0 bridgehead atoms. The molecule has 4 rings (SSSR count). The first kappa shape index (κ1) is 51.1. The Labute approximate surface area is 364 Å². The fourth-order valence-electron chi connectivity index (χ4n) is 4.73. The van der Waals surface area contributed by atoms with Gasteiger partial charge in [-0.3, -0.25) is 27.3 Å². The standard InChI is InChI=1S/C28H36N12O18S6/c41-59(42,43)11-7-29-23-35-24(30-8-12-60(44,45)46)38-27(37-23)33-19-5-3-17(21(15-19)63(53,54)55)1-2-18-4-6-20(16-22(18)64(56,57)58)34-28-39-25(31-9-13-61(47,48)49)36-26(40-28)32-10-14-62(50,51)52/h1-6,15-16H,7-14H2,(H,41,42,43)(H,44,45,46)(H,47,48,49)(H,50,51,52)(H,53,54,55)(H,56,57,58)(H3,29,30,33,35,37,38)(H3,31,32,34,36,39,40). The summed E-state index contributed by atoms with van der Waals surface area (Å²) in [7, 11) is -27.8. The molecule has 0 amide bonds. The first-order valence-corrected chi connectivity index (χ1v) is 26.5. The van der Waals surface area contributed by atoms with E-state index in [9.17, 15) is 59.6 Å². The molecule has 0 fully saturated rings. The number of hydrogen-bond donors (Lipinski definition) is 12. The van der Waals surface area contributed by atoms with Crippen molar-refractivity contribution in [3.05, 3.63) is 47.5 Å². The van der Waals surface area contributed by atoms with Gasteiger partial charge in [0.1, 0.15) is 9.79 Å². The summed E-state index contributed by atoms with van der Waals surface area (Å²) in [5.74, 6) is -5.10. The molecule has 12 N–H and O–H groups in total. The van der Waals surface area contributed by atoms with E-state index in [0.29, 0.717) is 0 Å². The van der Waals surface area contributed by atoms with Gasteiger partial charge < -0.3 is 31.9 Å². The van der Waals surface area contributed by atoms with Gasteiger partial charge in [0.2, 0.25) is 35.7 Å². The lowest BCUT2D eigenvalue weighted by atomic mass is 10.1. The van der Waals surface area contributed by atoms with Crippen LogP contribution in [0.4, 0.5) is 47.1 Å². The maximum Gasteiger partial charge on any atom is 0.295 e. The second-order valence-electron chi connectivity index (χ2n) is 12.5. The van der Waals surface area contributed by atoms with Crippen molar-refractivity contribution >= 4 is 120 Å². The summed E-state index contributed by atoms with van der Waals surface area (Å²) in [6, 6.07) is 6.59. The van der Waals surface area contributed by atoms with E-state index in [4.69, 9.17) is 18.2 Å². The third kappa shape index (κ3) is 18.3. The Morgan fingerprint density at radius 1 is 0.391 bits per heavy atom. The highest BCUT2D eigenvalue weighted by Crippen LogP contribution is 2.28. The molecule has 30 nitrogen and oxygen atoms in total. The van der Waals surface area contributed by atoms with Crippen LogP contribution in [-0.4, -0.2) is 157 Å². The lowest BCUT2D eigenvalue weighted by Gasteiger charge is -2.13. The number of anilines is 8. The molecule has 0 aliphatic rings. The van der Waals surface area contributed by atoms with Gasteiger partial charge in [0, 0.05) is 37.6 Å². The topological polar surface area (TPSA) is 476 Å². The molecule has 0 saturated heterocycles. The quantitative estimate of drug-likeness (QED) is 0.0308. The van der Waals surface area contributed by atoms with Gasteiger partial charge in [0.25, 0.3) is 60.7 Å². The number of nitrogens with one attached hydrogen (secondary N) is 6. The Kier molecular flexibility index (Phi) is 16.4. The minimum absolute atomic E-state index is 0.107. The van der Waals surface area contributed by atoms with Crippen LogP contribution in [0.3, 0.4) is 0 Å². The Morgan fingerprint density at radius 3 is 0.875 bits per heavy atom. The average Bonchev–Trinajstić information content (AvgIpc) is 3.11. The Balaban J connectivity index is 1.64. The first-order chi connectivity index (χ1) is 29.4. The van der Waals surface area contributed by atoms with Crippen molar-refractivity contribution < 1.29 is 77.8 Å². The van der Waals surface area contributed by atoms with E-state index in [2.05, 4.69) is 61.8 Å². The highest BCUT2D eigenvalue weighted by Gasteiger charge is 2.20. The molecular weight excluding hydrogens is 985 g/mol. The number of nitrogens with zero attached hydrogens (tertiary/aromatic N) is 6. The van der Waals surface area contributed by atoms with Crippen molar-refractivity contribution in [2.45, 2.75) is 9.79 Å². The second kappa shape index (κ2) is 20.5. The fourth-order valence-corrected chi connectivity index (χ4v) is 7.59. The molecule has 4 aromatic rings. The van der Waals surface area contributed by atoms with Crippen LogP contribution in [0.25, 0.3) is 12.2 Å². The molecule has 36 heteroatoms. The molecule has 64 heavy (non-hydrogen) atoms. The van der Waals surface area contributed by atoms with Gasteiger partial charge >= 0.3 is 0 Å². The summed E-state index contributed by atoms with van der Waals surface area (Å²) < 4.78 is 196. The lowest BCUT2D eigenvalue weighted by molar-refractivity contribution is 0.480. The van der Waals surface area contributed by atoms with E-state index in [1.165, 1.54) is 12.1 Å². The van der Waals surface area contributed by atoms with Crippen molar-refractivity contribution in [3.8, 4) is 0 Å². The molecule has 0 aliphatic heterocycles. The summed E-state index contributed by atoms with van der Waals surface area (Å²) in [6.07, 6.45) is 2.12. The van der Waals surface area contributed by atoms with Gasteiger partial charge in [-0.2, -0.15) is 80.4 Å². The van der Waals surface area contributed by atoms with E-state index in [1.807, 2.05) is 0 Å². The van der Waals surface area contributed by atoms with Gasteiger partial charge in [-0.05, 0) is 35.4 Å². The zero-order valence-corrected chi connectivity index (χ0v) is 36.9. The molecule has 0 aliphatic carbocycles. The minimum Gasteiger partial charge on any atom is -0.353 e. The van der Waals surface area contributed by atoms with Gasteiger partial charge in [-0.15, -0.1) is 0 Å². The van der Waals surface area contributed by atoms with Crippen LogP contribution in [0.5, 0.6) is 0 Å². The van der Waals surface area contributed by atoms with Crippen LogP contribution in [-0.2, 0) is 60.7 Å². The van der Waals surface area contributed by atoms with Crippen molar-refractivity contribution in [2.24, 2.45) is 0 Å². The molecule has 352 valence electrons. The monoisotopic (exact) mass is 1020 g/mol. The first-order valence-electron chi connectivity index (χ1n) is 17.1. The SMILES string of the molecule is O=S(=O)(O)CCNc1nc(NCCS(=O)(=O)O)nc(Nc2ccc(C=Cc3ccc(Nc4nc(NCCS(=O)(=O)O)nc(NCCS(=O)(=O)O)n4)cc3S(=O)(=O)O)c(S(=O)(=O)O)c2)n1. The highest BCUT2D eigenvalue weighted by atomic mass is 32.2. The summed E-state index contributed by atoms with van der Waals surface area (Å²) in [4.78, 5) is 22.3. The highest BCUT2D eigenvalue weighted by molar-refractivity contribution is 7.87. The molecule has 0 spiro atoms. The lowest BCUT2D eigenvalue weighted by Crippen LogP contribution is -2.19. The van der Waals surface area contributed by atoms with Crippen LogP contribution in [0.1, 0.15) is 11.1 Å². The van der Waals surface area contributed by atoms with Crippen molar-refractivity contribution in [1.82, 2.24) is 29.9 Å². The fraction of sp³-hybridized carbons (Fsp3) is 0.286. The molecule has 2 heterocycles. The smallest absolute Gasteiger partial charge is 0.295 e. The van der Waals surface area contributed by atoms with Gasteiger partial charge in [-0.1, -0.05) is 24.3 Å². The van der Waals surface area contributed by atoms with Crippen molar-refractivity contribution in [1.29, 1.82) is 0 Å². The zero-order chi connectivity index (χ0) is 47.7. The summed E-state index contributed by atoms with van der Waals surface area (Å²) in [5, 5.41) is 15.2. The predicted molar refractivity (Wildman–Crippen MR) is 227 cm³/mol. The van der Waals surface area contributed by atoms with Crippen LogP contribution >= 0.6 is 0 Å². The third-order valence-corrected chi connectivity index (χ3v) is 12.1. The molecule has 2 aromatic heterocycles. The molecule has 0 atom stereocenters. The normalized spacial score (nSPS) is 12.8. The van der Waals surface area contributed by atoms with Crippen LogP contribution in [0, 0.1) is 0 Å². The van der Waals surface area contributed by atoms with Crippen molar-refractivity contribution in [3.63, 3.8) is 0 Å². The Hall–Kier alpha value is -5.54. The zero-order valence-electron chi connectivity index (χ0n) is 32.0. The van der Waals surface area contributed by atoms with Crippen LogP contribution < -0.4 is 31.9 Å². The van der Waals surface area contributed by atoms with E-state index < -0.39 is 120 Å². The second-order valence-corrected chi connectivity index (χ2v) is 21.6. The summed E-state index contributed by atoms with van der Waals surface area (Å²) in [5.41, 5.74) is -0.685. The molecular formula is C28H36N12O18S6. The van der Waals surface area contributed by atoms with Crippen LogP contribution in [0.15, 0.2) is 46.2 Å². The van der Waals surface area contributed by atoms with Crippen LogP contribution in [0.2, 0.25) is 0 Å². The predicted octanol–water partition coefficient (Wildman–Crippen LogP) is -0.594. The number of aromatic nitrogens is 6. The number of hydrogen-bond acceptors (Lipinski definition) is 24. The Bertz CT molecular complexity index is 2770. The summed E-state index contributed by atoms with van der Waals surface area (Å²) in [6.45, 7) is -1.65. The minimum atomic E-state index is -5.06. The molecule has 2 aromatic carbocycles. The number of benzene rings is 2. The van der Waals surface area contributed by atoms with Gasteiger partial charge in [0.15, 0.2) is 0 Å². The third-order valence-electron chi connectivity index (χ3n) is 7.38. The largest absolute Gasteiger partial charge is 0.353 e. The number of rotatable bonds is 24. The van der Waals surface area contributed by atoms with E-state index >= 15 is 0 Å². The summed E-state index contributed by atoms with van der Waals surface area (Å²) >= 11 is 0. The van der Waals surface area contributed by atoms with E-state index in [0.717, 1.165) is 36.4 Å². The average molecular weight is 1020 g/mol. The molecule has 0 unspecified atom stereocenters. The van der Waals surface area contributed by atoms with Gasteiger partial charge in [0.05, 0.1) is 23.0 Å². The Morgan fingerprint density at radius 2 is 0.641 bits per heavy atom. The maximum absolute atomic E-state index is 12.5. The van der Waals surface area contributed by atoms with Gasteiger partial charge in [-0.25, -0.2) is 0 Å². The molecule has 0 radical (unpaired) electrons. The van der Waals surface area contributed by atoms with E-state index in [1.54, 1.807) is 0 Å². The molecule has 0 saturated carbocycles.